The third kappa shape index (κ3) is 5.89. The van der Waals surface area contributed by atoms with Crippen molar-refractivity contribution in [3.05, 3.63) is 11.8 Å². The second-order valence-electron chi connectivity index (χ2n) is 2.10. The van der Waals surface area contributed by atoms with Crippen molar-refractivity contribution in [1.82, 2.24) is 0 Å². The smallest absolute Gasteiger partial charge is 0.0597 e. The Bertz CT molecular complexity index is 127. The Morgan fingerprint density at radius 1 is 1.60 bits per heavy atom. The van der Waals surface area contributed by atoms with Crippen molar-refractivity contribution < 1.29 is 0 Å². The Hall–Kier alpha value is -0.240. The molecule has 0 aromatic heterocycles. The van der Waals surface area contributed by atoms with Crippen molar-refractivity contribution in [2.24, 2.45) is 4.99 Å². The first-order chi connectivity index (χ1) is 4.81. The minimum Gasteiger partial charge on any atom is -0.255 e. The minimum absolute atomic E-state index is 1.12. The third-order valence-electron chi connectivity index (χ3n) is 1.09. The average Bonchev–Trinajstić information content (AvgIpc) is 1.97. The van der Waals surface area contributed by atoms with Gasteiger partial charge < -0.3 is 0 Å². The molecule has 58 valence electrons. The number of hydrogen-bond acceptors (Lipinski definition) is 2. The molecule has 0 amide bonds. The summed E-state index contributed by atoms with van der Waals surface area (Å²) in [4.78, 5) is 4.18. The van der Waals surface area contributed by atoms with E-state index in [2.05, 4.69) is 18.0 Å². The Morgan fingerprint density at radius 3 is 2.80 bits per heavy atom. The van der Waals surface area contributed by atoms with Crippen molar-refractivity contribution in [1.29, 1.82) is 0 Å². The Labute approximate surface area is 67.6 Å². The van der Waals surface area contributed by atoms with Crippen molar-refractivity contribution in [2.45, 2.75) is 26.7 Å². The van der Waals surface area contributed by atoms with E-state index in [1.54, 1.807) is 11.8 Å². The fourth-order valence-corrected chi connectivity index (χ4v) is 0.813. The number of unbranched alkanes of at least 4 members (excludes halogenated alkanes) is 1. The lowest BCUT2D eigenvalue weighted by Gasteiger charge is -1.89. The number of hydrogen-bond donors (Lipinski definition) is 0. The monoisotopic (exact) mass is 157 g/mol. The first kappa shape index (κ1) is 9.76. The highest BCUT2D eigenvalue weighted by Crippen LogP contribution is 1.99. The van der Waals surface area contributed by atoms with Gasteiger partial charge in [-0.05, 0) is 19.6 Å². The van der Waals surface area contributed by atoms with Gasteiger partial charge in [-0.15, -0.1) is 11.8 Å². The van der Waals surface area contributed by atoms with E-state index in [-0.39, 0.29) is 0 Å². The Kier molecular flexibility index (Phi) is 6.71. The molecule has 0 unspecified atom stereocenters. The zero-order valence-corrected chi connectivity index (χ0v) is 7.74. The van der Waals surface area contributed by atoms with Crippen LogP contribution in [0.3, 0.4) is 0 Å². The van der Waals surface area contributed by atoms with Crippen molar-refractivity contribution in [2.75, 3.05) is 6.26 Å². The van der Waals surface area contributed by atoms with Gasteiger partial charge in [0.2, 0.25) is 0 Å². The average molecular weight is 157 g/mol. The maximum atomic E-state index is 4.18. The Morgan fingerprint density at radius 2 is 2.30 bits per heavy atom. The van der Waals surface area contributed by atoms with Gasteiger partial charge in [0, 0.05) is 5.70 Å². The van der Waals surface area contributed by atoms with E-state index in [0.29, 0.717) is 0 Å². The predicted octanol–water partition coefficient (Wildman–Crippen LogP) is 3.08. The second-order valence-corrected chi connectivity index (χ2v) is 2.79. The summed E-state index contributed by atoms with van der Waals surface area (Å²) in [6.07, 6.45) is 6.51. The van der Waals surface area contributed by atoms with Gasteiger partial charge in [0.1, 0.15) is 0 Å². The summed E-state index contributed by atoms with van der Waals surface area (Å²) in [5.41, 5.74) is 2.98. The van der Waals surface area contributed by atoms with E-state index >= 15 is 0 Å². The molecule has 0 N–H and O–H groups in total. The van der Waals surface area contributed by atoms with Crippen LogP contribution in [0.5, 0.6) is 0 Å². The van der Waals surface area contributed by atoms with Gasteiger partial charge in [-0.25, -0.2) is 0 Å². The second kappa shape index (κ2) is 6.87. The summed E-state index contributed by atoms with van der Waals surface area (Å²) in [5, 5.41) is 0. The maximum Gasteiger partial charge on any atom is 0.0597 e. The standard InChI is InChI=1S/C8H15NS/c1-4-5-6-8(2)9-7-10-3/h6-7H,4-5H2,1-3H3/b8-6+,9-7?. The van der Waals surface area contributed by atoms with Crippen LogP contribution in [0.25, 0.3) is 0 Å². The molecule has 0 fully saturated rings. The van der Waals surface area contributed by atoms with Crippen LogP contribution < -0.4 is 0 Å². The van der Waals surface area contributed by atoms with Crippen LogP contribution in [0.1, 0.15) is 26.7 Å². The van der Waals surface area contributed by atoms with Gasteiger partial charge in [0.25, 0.3) is 0 Å². The van der Waals surface area contributed by atoms with E-state index in [1.807, 2.05) is 18.7 Å². The minimum atomic E-state index is 1.12. The van der Waals surface area contributed by atoms with Gasteiger partial charge in [-0.1, -0.05) is 19.4 Å². The van der Waals surface area contributed by atoms with Crippen LogP contribution in [0.2, 0.25) is 0 Å². The number of aliphatic imine (C=N–C) groups is 1. The molecule has 0 aliphatic carbocycles. The number of nitrogens with zero attached hydrogens (tertiary/aromatic N) is 1. The normalized spacial score (nSPS) is 12.9. The van der Waals surface area contributed by atoms with Gasteiger partial charge in [0.15, 0.2) is 0 Å². The lowest BCUT2D eigenvalue weighted by Crippen LogP contribution is -1.70. The lowest BCUT2D eigenvalue weighted by atomic mass is 10.3. The van der Waals surface area contributed by atoms with E-state index < -0.39 is 0 Å². The molecule has 0 saturated heterocycles. The zero-order chi connectivity index (χ0) is 7.82. The Balaban J connectivity index is 3.59. The molecule has 0 radical (unpaired) electrons. The quantitative estimate of drug-likeness (QED) is 0.451. The van der Waals surface area contributed by atoms with E-state index in [1.165, 1.54) is 6.42 Å². The van der Waals surface area contributed by atoms with Gasteiger partial charge in [-0.3, -0.25) is 4.99 Å². The molecular formula is C8H15NS. The molecule has 0 bridgehead atoms. The SMILES string of the molecule is CCC/C=C(\C)N=CSC. The summed E-state index contributed by atoms with van der Waals surface area (Å²) >= 11 is 1.63. The fourth-order valence-electron chi connectivity index (χ4n) is 0.542. The van der Waals surface area contributed by atoms with Crippen molar-refractivity contribution in [3.8, 4) is 0 Å². The molecule has 0 saturated carbocycles. The maximum absolute atomic E-state index is 4.18. The molecule has 0 aliphatic heterocycles. The first-order valence-electron chi connectivity index (χ1n) is 3.53. The molecule has 2 heteroatoms. The van der Waals surface area contributed by atoms with Gasteiger partial charge in [-0.2, -0.15) is 0 Å². The van der Waals surface area contributed by atoms with Crippen molar-refractivity contribution >= 4 is 17.3 Å². The molecule has 10 heavy (non-hydrogen) atoms. The van der Waals surface area contributed by atoms with E-state index in [9.17, 15) is 0 Å². The lowest BCUT2D eigenvalue weighted by molar-refractivity contribution is 0.946. The molecule has 0 aliphatic rings. The molecule has 0 aromatic rings. The molecule has 0 spiro atoms. The molecule has 0 atom stereocenters. The molecular weight excluding hydrogens is 142 g/mol. The van der Waals surface area contributed by atoms with E-state index in [4.69, 9.17) is 0 Å². The van der Waals surface area contributed by atoms with Crippen LogP contribution in [0.4, 0.5) is 0 Å². The largest absolute Gasteiger partial charge is 0.255 e. The van der Waals surface area contributed by atoms with Crippen LogP contribution in [-0.4, -0.2) is 11.8 Å². The van der Waals surface area contributed by atoms with E-state index in [0.717, 1.165) is 12.1 Å². The fraction of sp³-hybridized carbons (Fsp3) is 0.625. The summed E-state index contributed by atoms with van der Waals surface area (Å²) in [6.45, 7) is 4.20. The topological polar surface area (TPSA) is 12.4 Å². The first-order valence-corrected chi connectivity index (χ1v) is 4.82. The van der Waals surface area contributed by atoms with Crippen LogP contribution in [0.15, 0.2) is 16.8 Å². The highest BCUT2D eigenvalue weighted by molar-refractivity contribution is 8.11. The van der Waals surface area contributed by atoms with Crippen LogP contribution in [-0.2, 0) is 0 Å². The summed E-state index contributed by atoms with van der Waals surface area (Å²) in [6, 6.07) is 0. The number of thioether (sulfide) groups is 1. The molecule has 0 aromatic carbocycles. The van der Waals surface area contributed by atoms with Crippen LogP contribution >= 0.6 is 11.8 Å². The summed E-state index contributed by atoms with van der Waals surface area (Å²) in [5.74, 6) is 0. The summed E-state index contributed by atoms with van der Waals surface area (Å²) in [7, 11) is 0. The molecule has 0 rings (SSSR count). The predicted molar refractivity (Wildman–Crippen MR) is 50.7 cm³/mol. The van der Waals surface area contributed by atoms with Gasteiger partial charge >= 0.3 is 0 Å². The number of allylic oxidation sites excluding steroid dienone is 2. The van der Waals surface area contributed by atoms with Crippen LogP contribution in [0, 0.1) is 0 Å². The number of rotatable bonds is 4. The molecule has 1 nitrogen and oxygen atoms in total. The van der Waals surface area contributed by atoms with Gasteiger partial charge in [0.05, 0.1) is 5.55 Å². The highest BCUT2D eigenvalue weighted by Gasteiger charge is 1.79. The zero-order valence-electron chi connectivity index (χ0n) is 6.92. The molecule has 0 heterocycles. The van der Waals surface area contributed by atoms with Crippen molar-refractivity contribution in [3.63, 3.8) is 0 Å². The highest BCUT2D eigenvalue weighted by atomic mass is 32.2. The summed E-state index contributed by atoms with van der Waals surface area (Å²) < 4.78 is 0. The third-order valence-corrected chi connectivity index (χ3v) is 1.41.